The molecule has 1 atom stereocenters. The van der Waals surface area contributed by atoms with Gasteiger partial charge in [0.2, 0.25) is 10.0 Å². The topological polar surface area (TPSA) is 97.2 Å². The summed E-state index contributed by atoms with van der Waals surface area (Å²) in [5.41, 5.74) is 0.914. The lowest BCUT2D eigenvalue weighted by Gasteiger charge is -2.20. The monoisotopic (exact) mass is 443 g/mol. The summed E-state index contributed by atoms with van der Waals surface area (Å²) < 4.78 is 42.9. The molecule has 1 aromatic heterocycles. The van der Waals surface area contributed by atoms with Gasteiger partial charge in [-0.05, 0) is 36.6 Å². The summed E-state index contributed by atoms with van der Waals surface area (Å²) in [6.45, 7) is 1.04. The van der Waals surface area contributed by atoms with Crippen molar-refractivity contribution in [2.75, 3.05) is 13.1 Å². The number of sulfonamides is 1. The third kappa shape index (κ3) is 4.64. The maximum atomic E-state index is 14.4. The summed E-state index contributed by atoms with van der Waals surface area (Å²) >= 11 is 0. The van der Waals surface area contributed by atoms with Gasteiger partial charge in [-0.15, -0.1) is 0 Å². The highest BCUT2D eigenvalue weighted by Crippen LogP contribution is 2.25. The number of carbonyl (C=O) groups excluding carboxylic acids is 1. The van der Waals surface area contributed by atoms with Crippen molar-refractivity contribution in [3.05, 3.63) is 78.1 Å². The second-order valence-electron chi connectivity index (χ2n) is 7.31. The van der Waals surface area contributed by atoms with Crippen LogP contribution in [-0.4, -0.2) is 46.5 Å². The predicted molar refractivity (Wildman–Crippen MR) is 111 cm³/mol. The fourth-order valence-electron chi connectivity index (χ4n) is 3.59. The molecule has 10 heteroatoms. The van der Waals surface area contributed by atoms with Crippen LogP contribution in [0.2, 0.25) is 0 Å². The Morgan fingerprint density at radius 3 is 2.55 bits per heavy atom. The molecular weight excluding hydrogens is 421 g/mol. The molecule has 0 aliphatic carbocycles. The number of hydrogen-bond acceptors (Lipinski definition) is 5. The first-order valence-electron chi connectivity index (χ1n) is 9.93. The van der Waals surface area contributed by atoms with Crippen LogP contribution in [-0.2, 0) is 16.6 Å². The summed E-state index contributed by atoms with van der Waals surface area (Å²) in [7, 11) is -3.99. The second-order valence-corrected chi connectivity index (χ2v) is 9.22. The minimum Gasteiger partial charge on any atom is -0.343 e. The van der Waals surface area contributed by atoms with E-state index < -0.39 is 32.7 Å². The van der Waals surface area contributed by atoms with Gasteiger partial charge < -0.3 is 5.32 Å². The molecule has 0 radical (unpaired) electrons. The van der Waals surface area contributed by atoms with Gasteiger partial charge in [0.1, 0.15) is 23.4 Å². The number of nitrogens with zero attached hydrogens (tertiary/aromatic N) is 4. The smallest absolute Gasteiger partial charge is 0.251 e. The molecular formula is C21H22FN5O3S. The van der Waals surface area contributed by atoms with Crippen LogP contribution in [0.5, 0.6) is 0 Å². The Morgan fingerprint density at radius 2 is 1.87 bits per heavy atom. The molecule has 1 aliphatic rings. The lowest BCUT2D eigenvalue weighted by atomic mass is 10.1. The Bertz CT molecular complexity index is 1150. The highest BCUT2D eigenvalue weighted by Gasteiger charge is 2.30. The molecule has 1 aliphatic heterocycles. The van der Waals surface area contributed by atoms with Crippen molar-refractivity contribution in [1.82, 2.24) is 24.4 Å². The Kier molecular flexibility index (Phi) is 6.10. The molecule has 1 N–H and O–H groups in total. The van der Waals surface area contributed by atoms with Crippen LogP contribution in [0.4, 0.5) is 4.39 Å². The second kappa shape index (κ2) is 8.94. The summed E-state index contributed by atoms with van der Waals surface area (Å²) in [5, 5.41) is 6.98. The van der Waals surface area contributed by atoms with E-state index in [1.54, 1.807) is 11.0 Å². The van der Waals surface area contributed by atoms with E-state index in [-0.39, 0.29) is 5.56 Å². The molecule has 31 heavy (non-hydrogen) atoms. The molecule has 0 bridgehead atoms. The fourth-order valence-corrected chi connectivity index (χ4v) is 5.19. The quantitative estimate of drug-likeness (QED) is 0.605. The summed E-state index contributed by atoms with van der Waals surface area (Å²) in [6.07, 6.45) is 4.42. The van der Waals surface area contributed by atoms with Crippen molar-refractivity contribution < 1.29 is 17.6 Å². The highest BCUT2D eigenvalue weighted by molar-refractivity contribution is 7.89. The molecule has 1 unspecified atom stereocenters. The first-order chi connectivity index (χ1) is 14.9. The van der Waals surface area contributed by atoms with Crippen molar-refractivity contribution in [1.29, 1.82) is 0 Å². The van der Waals surface area contributed by atoms with E-state index in [0.717, 1.165) is 30.5 Å². The summed E-state index contributed by atoms with van der Waals surface area (Å²) in [5.74, 6) is -1.38. The van der Waals surface area contributed by atoms with Crippen molar-refractivity contribution in [2.24, 2.45) is 0 Å². The highest BCUT2D eigenvalue weighted by atomic mass is 32.2. The molecule has 1 fully saturated rings. The van der Waals surface area contributed by atoms with E-state index >= 15 is 0 Å². The number of rotatable bonds is 7. The molecule has 1 saturated heterocycles. The standard InChI is InChI=1S/C21H22FN5O3S/c22-18-9-8-17(12-20(18)31(29,30)27-10-4-5-11-27)21(28)25-19(13-26-15-23-14-24-26)16-6-2-1-3-7-16/h1-3,6-9,12,14-15,19H,4-5,10-11,13H2,(H,25,28). The van der Waals surface area contributed by atoms with Crippen LogP contribution in [0.25, 0.3) is 0 Å². The predicted octanol–water partition coefficient (Wildman–Crippen LogP) is 2.37. The largest absolute Gasteiger partial charge is 0.343 e. The van der Waals surface area contributed by atoms with Gasteiger partial charge in [0, 0.05) is 18.7 Å². The van der Waals surface area contributed by atoms with Crippen LogP contribution in [0.15, 0.2) is 66.1 Å². The van der Waals surface area contributed by atoms with Crippen LogP contribution in [0.1, 0.15) is 34.8 Å². The molecule has 8 nitrogen and oxygen atoms in total. The van der Waals surface area contributed by atoms with Gasteiger partial charge >= 0.3 is 0 Å². The molecule has 2 aromatic carbocycles. The minimum absolute atomic E-state index is 0.0682. The average Bonchev–Trinajstić information content (AvgIpc) is 3.49. The van der Waals surface area contributed by atoms with Crippen molar-refractivity contribution >= 4 is 15.9 Å². The average molecular weight is 444 g/mol. The lowest BCUT2D eigenvalue weighted by molar-refractivity contribution is 0.0931. The van der Waals surface area contributed by atoms with E-state index in [9.17, 15) is 17.6 Å². The number of amides is 1. The summed E-state index contributed by atoms with van der Waals surface area (Å²) in [6, 6.07) is 12.3. The van der Waals surface area contributed by atoms with Crippen molar-refractivity contribution in [3.8, 4) is 0 Å². The third-order valence-corrected chi connectivity index (χ3v) is 7.13. The first kappa shape index (κ1) is 21.1. The molecule has 1 amide bonds. The minimum atomic E-state index is -3.99. The fraction of sp³-hybridized carbons (Fsp3) is 0.286. The third-order valence-electron chi connectivity index (χ3n) is 5.22. The Labute approximate surface area is 179 Å². The number of aromatic nitrogens is 3. The number of nitrogens with one attached hydrogen (secondary N) is 1. The van der Waals surface area contributed by atoms with Gasteiger partial charge in [0.15, 0.2) is 0 Å². The normalized spacial score (nSPS) is 15.6. The molecule has 2 heterocycles. The Balaban J connectivity index is 1.60. The van der Waals surface area contributed by atoms with Gasteiger partial charge in [-0.1, -0.05) is 30.3 Å². The van der Waals surface area contributed by atoms with Gasteiger partial charge in [-0.2, -0.15) is 9.40 Å². The van der Waals surface area contributed by atoms with Gasteiger partial charge in [0.25, 0.3) is 5.91 Å². The number of carbonyl (C=O) groups is 1. The first-order valence-corrected chi connectivity index (χ1v) is 11.4. The zero-order valence-electron chi connectivity index (χ0n) is 16.7. The van der Waals surface area contributed by atoms with Crippen molar-refractivity contribution in [3.63, 3.8) is 0 Å². The van der Waals surface area contributed by atoms with Crippen LogP contribution < -0.4 is 5.32 Å². The number of halogens is 1. The lowest BCUT2D eigenvalue weighted by Crippen LogP contribution is -2.32. The molecule has 0 saturated carbocycles. The molecule has 4 rings (SSSR count). The van der Waals surface area contributed by atoms with E-state index in [2.05, 4.69) is 15.4 Å². The van der Waals surface area contributed by atoms with E-state index in [4.69, 9.17) is 0 Å². The van der Waals surface area contributed by atoms with Gasteiger partial charge in [-0.3, -0.25) is 9.48 Å². The maximum absolute atomic E-state index is 14.4. The zero-order valence-corrected chi connectivity index (χ0v) is 17.5. The van der Waals surface area contributed by atoms with Gasteiger partial charge in [0.05, 0.1) is 12.6 Å². The Morgan fingerprint density at radius 1 is 1.13 bits per heavy atom. The summed E-state index contributed by atoms with van der Waals surface area (Å²) in [4.78, 5) is 16.4. The Hall–Kier alpha value is -3.11. The maximum Gasteiger partial charge on any atom is 0.251 e. The number of benzene rings is 2. The van der Waals surface area contributed by atoms with E-state index in [0.29, 0.717) is 19.6 Å². The van der Waals surface area contributed by atoms with E-state index in [1.165, 1.54) is 16.7 Å². The molecule has 3 aromatic rings. The SMILES string of the molecule is O=C(NC(Cn1cncn1)c1ccccc1)c1ccc(F)c(S(=O)(=O)N2CCCC2)c1. The van der Waals surface area contributed by atoms with Crippen LogP contribution in [0, 0.1) is 5.82 Å². The van der Waals surface area contributed by atoms with E-state index in [1.807, 2.05) is 30.3 Å². The van der Waals surface area contributed by atoms with Gasteiger partial charge in [-0.25, -0.2) is 17.8 Å². The van der Waals surface area contributed by atoms with Crippen LogP contribution >= 0.6 is 0 Å². The molecule has 162 valence electrons. The zero-order chi connectivity index (χ0) is 21.8. The molecule has 0 spiro atoms. The number of hydrogen-bond donors (Lipinski definition) is 1. The van der Waals surface area contributed by atoms with Crippen LogP contribution in [0.3, 0.4) is 0 Å². The van der Waals surface area contributed by atoms with Crippen molar-refractivity contribution in [2.45, 2.75) is 30.3 Å².